The summed E-state index contributed by atoms with van der Waals surface area (Å²) in [5.74, 6) is -0.274. The molecule has 2 rings (SSSR count). The molecule has 4 heteroatoms. The highest BCUT2D eigenvalue weighted by molar-refractivity contribution is 9.09. The van der Waals surface area contributed by atoms with Crippen LogP contribution in [0.5, 0.6) is 0 Å². The molecule has 88 valence electrons. The van der Waals surface area contributed by atoms with Crippen molar-refractivity contribution in [2.24, 2.45) is 0 Å². The summed E-state index contributed by atoms with van der Waals surface area (Å²) >= 11 is 9.27. The zero-order chi connectivity index (χ0) is 11.5. The summed E-state index contributed by atoms with van der Waals surface area (Å²) in [6.45, 7) is 1.70. The molecule has 1 saturated heterocycles. The van der Waals surface area contributed by atoms with Gasteiger partial charge in [-0.25, -0.2) is 4.39 Å². The molecule has 0 spiro atoms. The van der Waals surface area contributed by atoms with Gasteiger partial charge in [-0.2, -0.15) is 0 Å². The molecule has 1 aromatic rings. The molecule has 0 aliphatic carbocycles. The molecule has 1 fully saturated rings. The third-order valence-electron chi connectivity index (χ3n) is 3.08. The number of halogens is 3. The average molecular weight is 307 g/mol. The highest BCUT2D eigenvalue weighted by Crippen LogP contribution is 2.24. The standard InChI is InChI=1S/C12H14BrClFN/c13-7-10-4-2-6-16(10)8-9-3-1-5-11(14)12(9)15/h1,3,5,10H,2,4,6-8H2. The van der Waals surface area contributed by atoms with Crippen molar-refractivity contribution in [1.29, 1.82) is 0 Å². The summed E-state index contributed by atoms with van der Waals surface area (Å²) in [6.07, 6.45) is 2.38. The minimum Gasteiger partial charge on any atom is -0.295 e. The summed E-state index contributed by atoms with van der Waals surface area (Å²) in [5, 5.41) is 1.17. The Labute approximate surface area is 109 Å². The van der Waals surface area contributed by atoms with E-state index in [-0.39, 0.29) is 10.8 Å². The van der Waals surface area contributed by atoms with Gasteiger partial charge in [0.15, 0.2) is 0 Å². The van der Waals surface area contributed by atoms with E-state index in [1.54, 1.807) is 12.1 Å². The van der Waals surface area contributed by atoms with E-state index in [9.17, 15) is 4.39 Å². The Hall–Kier alpha value is -0.120. The van der Waals surface area contributed by atoms with Crippen LogP contribution < -0.4 is 0 Å². The minimum atomic E-state index is -0.274. The van der Waals surface area contributed by atoms with Crippen molar-refractivity contribution in [2.75, 3.05) is 11.9 Å². The van der Waals surface area contributed by atoms with Gasteiger partial charge in [0.1, 0.15) is 5.82 Å². The smallest absolute Gasteiger partial charge is 0.146 e. The maximum absolute atomic E-state index is 13.7. The first-order valence-corrected chi connectivity index (χ1v) is 6.95. The first kappa shape index (κ1) is 12.3. The van der Waals surface area contributed by atoms with E-state index in [1.165, 1.54) is 12.8 Å². The highest BCUT2D eigenvalue weighted by Gasteiger charge is 2.24. The number of nitrogens with zero attached hydrogens (tertiary/aromatic N) is 1. The highest BCUT2D eigenvalue weighted by atomic mass is 79.9. The Morgan fingerprint density at radius 3 is 3.06 bits per heavy atom. The van der Waals surface area contributed by atoms with E-state index in [2.05, 4.69) is 20.8 Å². The molecule has 0 amide bonds. The van der Waals surface area contributed by atoms with Crippen molar-refractivity contribution >= 4 is 27.5 Å². The second-order valence-corrected chi connectivity index (χ2v) is 5.19. The fourth-order valence-corrected chi connectivity index (χ4v) is 3.09. The second kappa shape index (κ2) is 5.48. The second-order valence-electron chi connectivity index (χ2n) is 4.13. The Bertz CT molecular complexity index is 372. The van der Waals surface area contributed by atoms with Crippen LogP contribution in [0.4, 0.5) is 4.39 Å². The normalized spacial score (nSPS) is 21.6. The van der Waals surface area contributed by atoms with Gasteiger partial charge in [-0.05, 0) is 25.5 Å². The van der Waals surface area contributed by atoms with Crippen LogP contribution in [0.15, 0.2) is 18.2 Å². The largest absolute Gasteiger partial charge is 0.295 e. The molecule has 1 aromatic carbocycles. The van der Waals surface area contributed by atoms with E-state index < -0.39 is 0 Å². The van der Waals surface area contributed by atoms with Gasteiger partial charge < -0.3 is 0 Å². The van der Waals surface area contributed by atoms with Crippen molar-refractivity contribution in [3.05, 3.63) is 34.6 Å². The predicted octanol–water partition coefficient (Wildman–Crippen LogP) is 3.84. The molecule has 1 heterocycles. The zero-order valence-corrected chi connectivity index (χ0v) is 11.3. The Kier molecular flexibility index (Phi) is 4.22. The van der Waals surface area contributed by atoms with Crippen LogP contribution in [0.25, 0.3) is 0 Å². The predicted molar refractivity (Wildman–Crippen MR) is 68.6 cm³/mol. The number of alkyl halides is 1. The van der Waals surface area contributed by atoms with Crippen LogP contribution in [0.2, 0.25) is 5.02 Å². The third kappa shape index (κ3) is 2.58. The van der Waals surface area contributed by atoms with E-state index in [0.29, 0.717) is 18.2 Å². The minimum absolute atomic E-state index is 0.215. The Morgan fingerprint density at radius 1 is 1.50 bits per heavy atom. The van der Waals surface area contributed by atoms with Crippen LogP contribution >= 0.6 is 27.5 Å². The molecule has 1 nitrogen and oxygen atoms in total. The average Bonchev–Trinajstić information content (AvgIpc) is 2.72. The van der Waals surface area contributed by atoms with E-state index in [1.807, 2.05) is 6.07 Å². The molecule has 0 N–H and O–H groups in total. The lowest BCUT2D eigenvalue weighted by molar-refractivity contribution is 0.261. The fraction of sp³-hybridized carbons (Fsp3) is 0.500. The van der Waals surface area contributed by atoms with Gasteiger partial charge in [-0.3, -0.25) is 4.90 Å². The van der Waals surface area contributed by atoms with Crippen LogP contribution in [-0.2, 0) is 6.54 Å². The van der Waals surface area contributed by atoms with Gasteiger partial charge >= 0.3 is 0 Å². The van der Waals surface area contributed by atoms with Gasteiger partial charge in [0.2, 0.25) is 0 Å². The van der Waals surface area contributed by atoms with Gasteiger partial charge in [0, 0.05) is 23.5 Å². The van der Waals surface area contributed by atoms with Crippen LogP contribution in [0.3, 0.4) is 0 Å². The van der Waals surface area contributed by atoms with Crippen molar-refractivity contribution in [2.45, 2.75) is 25.4 Å². The monoisotopic (exact) mass is 305 g/mol. The summed E-state index contributed by atoms with van der Waals surface area (Å²) in [6, 6.07) is 5.73. The lowest BCUT2D eigenvalue weighted by Crippen LogP contribution is -2.30. The first-order chi connectivity index (χ1) is 7.72. The van der Waals surface area contributed by atoms with Crippen molar-refractivity contribution in [3.63, 3.8) is 0 Å². The van der Waals surface area contributed by atoms with Crippen LogP contribution in [-0.4, -0.2) is 22.8 Å². The summed E-state index contributed by atoms with van der Waals surface area (Å²) < 4.78 is 13.7. The first-order valence-electron chi connectivity index (χ1n) is 5.45. The number of hydrogen-bond acceptors (Lipinski definition) is 1. The van der Waals surface area contributed by atoms with Crippen LogP contribution in [0.1, 0.15) is 18.4 Å². The Balaban J connectivity index is 2.11. The molecule has 1 unspecified atom stereocenters. The number of likely N-dealkylation sites (tertiary alicyclic amines) is 1. The maximum Gasteiger partial charge on any atom is 0.146 e. The van der Waals surface area contributed by atoms with E-state index >= 15 is 0 Å². The quantitative estimate of drug-likeness (QED) is 0.767. The molecule has 0 saturated carbocycles. The maximum atomic E-state index is 13.7. The summed E-state index contributed by atoms with van der Waals surface area (Å²) in [5.41, 5.74) is 0.695. The zero-order valence-electron chi connectivity index (χ0n) is 8.93. The molecule has 16 heavy (non-hydrogen) atoms. The SMILES string of the molecule is Fc1c(Cl)cccc1CN1CCCC1CBr. The lowest BCUT2D eigenvalue weighted by atomic mass is 10.2. The van der Waals surface area contributed by atoms with Crippen molar-refractivity contribution < 1.29 is 4.39 Å². The summed E-state index contributed by atoms with van der Waals surface area (Å²) in [4.78, 5) is 2.31. The molecular weight excluding hydrogens is 292 g/mol. The Morgan fingerprint density at radius 2 is 2.31 bits per heavy atom. The lowest BCUT2D eigenvalue weighted by Gasteiger charge is -2.22. The van der Waals surface area contributed by atoms with E-state index in [4.69, 9.17) is 11.6 Å². The third-order valence-corrected chi connectivity index (χ3v) is 4.12. The van der Waals surface area contributed by atoms with Gasteiger partial charge in [0.25, 0.3) is 0 Å². The summed E-state index contributed by atoms with van der Waals surface area (Å²) in [7, 11) is 0. The number of rotatable bonds is 3. The molecule has 1 atom stereocenters. The molecular formula is C12H14BrClFN. The van der Waals surface area contributed by atoms with Crippen molar-refractivity contribution in [3.8, 4) is 0 Å². The van der Waals surface area contributed by atoms with Gasteiger partial charge in [0.05, 0.1) is 5.02 Å². The molecule has 0 aromatic heterocycles. The molecule has 1 aliphatic rings. The molecule has 0 radical (unpaired) electrons. The van der Waals surface area contributed by atoms with Crippen molar-refractivity contribution in [1.82, 2.24) is 4.90 Å². The molecule has 0 bridgehead atoms. The van der Waals surface area contributed by atoms with Crippen LogP contribution in [0, 0.1) is 5.82 Å². The topological polar surface area (TPSA) is 3.24 Å². The number of benzene rings is 1. The van der Waals surface area contributed by atoms with E-state index in [0.717, 1.165) is 11.9 Å². The fourth-order valence-electron chi connectivity index (χ4n) is 2.17. The number of hydrogen-bond donors (Lipinski definition) is 0. The van der Waals surface area contributed by atoms with Gasteiger partial charge in [-0.1, -0.05) is 39.7 Å². The molecule has 1 aliphatic heterocycles. The van der Waals surface area contributed by atoms with Gasteiger partial charge in [-0.15, -0.1) is 0 Å².